The zero-order valence-electron chi connectivity index (χ0n) is 8.96. The maximum Gasteiger partial charge on any atom is 0.673 e. The molecule has 9 heteroatoms. The number of hydrogen-bond acceptors (Lipinski definition) is 2. The first-order chi connectivity index (χ1) is 7.11. The molecule has 0 aliphatic carbocycles. The second-order valence-electron chi connectivity index (χ2n) is 3.03. The fourth-order valence-corrected chi connectivity index (χ4v) is 0.918. The van der Waals surface area contributed by atoms with E-state index < -0.39 is 13.2 Å². The Morgan fingerprint density at radius 2 is 1.62 bits per heavy atom. The van der Waals surface area contributed by atoms with Crippen molar-refractivity contribution in [1.82, 2.24) is 5.10 Å². The third-order valence-corrected chi connectivity index (χ3v) is 1.41. The molecule has 0 saturated carbocycles. The molecular weight excluding hydrogens is 232 g/mol. The molecule has 0 aliphatic heterocycles. The van der Waals surface area contributed by atoms with Gasteiger partial charge in [-0.2, -0.15) is 4.39 Å². The first-order valence-corrected chi connectivity index (χ1v) is 4.18. The fraction of sp³-hybridized carbons (Fsp3) is 0.429. The zero-order chi connectivity index (χ0) is 12.9. The van der Waals surface area contributed by atoms with Crippen LogP contribution in [0.3, 0.4) is 0 Å². The molecule has 0 spiro atoms. The molecule has 0 bridgehead atoms. The SMILES string of the molecule is CN(C)c1ccc(F)n[n+]1C.F[B-](F)(F)F. The Labute approximate surface area is 89.6 Å². The third kappa shape index (κ3) is 6.96. The van der Waals surface area contributed by atoms with Crippen LogP contribution >= 0.6 is 0 Å². The van der Waals surface area contributed by atoms with Crippen molar-refractivity contribution in [3.8, 4) is 0 Å². The van der Waals surface area contributed by atoms with E-state index in [1.54, 1.807) is 13.1 Å². The van der Waals surface area contributed by atoms with Crippen molar-refractivity contribution < 1.29 is 26.3 Å². The van der Waals surface area contributed by atoms with Crippen molar-refractivity contribution in [3.05, 3.63) is 18.1 Å². The van der Waals surface area contributed by atoms with Gasteiger partial charge in [0.1, 0.15) is 7.05 Å². The zero-order valence-corrected chi connectivity index (χ0v) is 8.96. The van der Waals surface area contributed by atoms with E-state index in [9.17, 15) is 21.7 Å². The van der Waals surface area contributed by atoms with Gasteiger partial charge in [-0.3, -0.25) is 4.90 Å². The predicted octanol–water partition coefficient (Wildman–Crippen LogP) is 1.41. The highest BCUT2D eigenvalue weighted by Crippen LogP contribution is 2.06. The van der Waals surface area contributed by atoms with Crippen molar-refractivity contribution in [2.45, 2.75) is 0 Å². The molecule has 0 saturated heterocycles. The van der Waals surface area contributed by atoms with Gasteiger partial charge in [-0.1, -0.05) is 5.10 Å². The van der Waals surface area contributed by atoms with E-state index in [0.717, 1.165) is 5.82 Å². The molecule has 1 aromatic heterocycles. The molecule has 0 aromatic carbocycles. The summed E-state index contributed by atoms with van der Waals surface area (Å²) in [6.07, 6.45) is 0. The quantitative estimate of drug-likeness (QED) is 0.422. The summed E-state index contributed by atoms with van der Waals surface area (Å²) in [5.41, 5.74) is 0. The summed E-state index contributed by atoms with van der Waals surface area (Å²) >= 11 is 0. The Bertz CT molecular complexity index is 335. The van der Waals surface area contributed by atoms with E-state index >= 15 is 0 Å². The van der Waals surface area contributed by atoms with Crippen LogP contribution in [0.5, 0.6) is 0 Å². The summed E-state index contributed by atoms with van der Waals surface area (Å²) in [5.74, 6) is 0.407. The molecular formula is C7H11BF5N3. The van der Waals surface area contributed by atoms with Crippen LogP contribution in [-0.4, -0.2) is 26.4 Å². The van der Waals surface area contributed by atoms with Crippen LogP contribution in [0.15, 0.2) is 12.1 Å². The van der Waals surface area contributed by atoms with E-state index in [1.807, 2.05) is 19.0 Å². The number of halogens is 5. The van der Waals surface area contributed by atoms with Gasteiger partial charge in [0.05, 0.1) is 14.1 Å². The lowest BCUT2D eigenvalue weighted by molar-refractivity contribution is -0.721. The van der Waals surface area contributed by atoms with E-state index in [1.165, 1.54) is 10.7 Å². The van der Waals surface area contributed by atoms with Gasteiger partial charge in [0.25, 0.3) is 11.8 Å². The van der Waals surface area contributed by atoms with Crippen LogP contribution in [-0.2, 0) is 7.05 Å². The van der Waals surface area contributed by atoms with Gasteiger partial charge in [0.15, 0.2) is 0 Å². The van der Waals surface area contributed by atoms with Crippen molar-refractivity contribution in [2.24, 2.45) is 7.05 Å². The highest BCUT2D eigenvalue weighted by molar-refractivity contribution is 6.50. The van der Waals surface area contributed by atoms with Crippen LogP contribution in [0.2, 0.25) is 0 Å². The summed E-state index contributed by atoms with van der Waals surface area (Å²) < 4.78 is 53.0. The molecule has 3 nitrogen and oxygen atoms in total. The highest BCUT2D eigenvalue weighted by Gasteiger charge is 2.20. The van der Waals surface area contributed by atoms with Crippen molar-refractivity contribution in [3.63, 3.8) is 0 Å². The van der Waals surface area contributed by atoms with Gasteiger partial charge in [-0.15, -0.1) is 4.68 Å². The Balaban J connectivity index is 0.000000385. The molecule has 0 aliphatic rings. The number of aryl methyl sites for hydroxylation is 1. The van der Waals surface area contributed by atoms with E-state index in [-0.39, 0.29) is 0 Å². The average Bonchev–Trinajstić information content (AvgIpc) is 1.99. The first kappa shape index (κ1) is 14.6. The minimum Gasteiger partial charge on any atom is -0.418 e. The smallest absolute Gasteiger partial charge is 0.418 e. The summed E-state index contributed by atoms with van der Waals surface area (Å²) in [4.78, 5) is 1.87. The largest absolute Gasteiger partial charge is 0.673 e. The van der Waals surface area contributed by atoms with Gasteiger partial charge in [0.2, 0.25) is 0 Å². The van der Waals surface area contributed by atoms with Gasteiger partial charge >= 0.3 is 7.25 Å². The summed E-state index contributed by atoms with van der Waals surface area (Å²) in [6.45, 7) is 0. The van der Waals surface area contributed by atoms with Gasteiger partial charge in [-0.25, -0.2) is 0 Å². The molecule has 0 N–H and O–H groups in total. The minimum atomic E-state index is -6.00. The van der Waals surface area contributed by atoms with Gasteiger partial charge < -0.3 is 17.3 Å². The number of rotatable bonds is 1. The molecule has 1 aromatic rings. The lowest BCUT2D eigenvalue weighted by atomic mass is 10.3. The van der Waals surface area contributed by atoms with Crippen LogP contribution < -0.4 is 9.58 Å². The van der Waals surface area contributed by atoms with Gasteiger partial charge in [-0.05, 0) is 0 Å². The standard InChI is InChI=1S/C7H11FN3.BF4/c1-10(2)7-5-4-6(8)9-11(7)3;2-1(3,4)5/h4-5H,1-3H3;/q+1;-1. The van der Waals surface area contributed by atoms with E-state index in [4.69, 9.17) is 0 Å². The number of hydrogen-bond donors (Lipinski definition) is 0. The number of nitrogens with zero attached hydrogens (tertiary/aromatic N) is 3. The normalized spacial score (nSPS) is 10.5. The molecule has 0 fully saturated rings. The Hall–Kier alpha value is -1.41. The molecule has 1 rings (SSSR count). The lowest BCUT2D eigenvalue weighted by Crippen LogP contribution is -2.40. The van der Waals surface area contributed by atoms with Crippen LogP contribution in [0.4, 0.5) is 27.5 Å². The predicted molar refractivity (Wildman–Crippen MR) is 49.9 cm³/mol. The maximum absolute atomic E-state index is 12.5. The number of aromatic nitrogens is 2. The third-order valence-electron chi connectivity index (χ3n) is 1.41. The summed E-state index contributed by atoms with van der Waals surface area (Å²) in [5, 5.41) is 3.60. The van der Waals surface area contributed by atoms with Crippen LogP contribution in [0.1, 0.15) is 0 Å². The second kappa shape index (κ2) is 5.62. The van der Waals surface area contributed by atoms with E-state index in [2.05, 4.69) is 5.10 Å². The molecule has 0 radical (unpaired) electrons. The molecule has 16 heavy (non-hydrogen) atoms. The topological polar surface area (TPSA) is 20.0 Å². The maximum atomic E-state index is 12.5. The van der Waals surface area contributed by atoms with Gasteiger partial charge in [0, 0.05) is 12.1 Å². The minimum absolute atomic E-state index is 0.460. The van der Waals surface area contributed by atoms with Crippen LogP contribution in [0.25, 0.3) is 0 Å². The molecule has 0 unspecified atom stereocenters. The second-order valence-corrected chi connectivity index (χ2v) is 3.03. The van der Waals surface area contributed by atoms with Crippen LogP contribution in [0, 0.1) is 5.95 Å². The Morgan fingerprint density at radius 1 is 1.19 bits per heavy atom. The van der Waals surface area contributed by atoms with Crippen molar-refractivity contribution >= 4 is 13.1 Å². The summed E-state index contributed by atoms with van der Waals surface area (Å²) in [6, 6.07) is 3.03. The van der Waals surface area contributed by atoms with Crippen molar-refractivity contribution in [2.75, 3.05) is 19.0 Å². The van der Waals surface area contributed by atoms with E-state index in [0.29, 0.717) is 0 Å². The average molecular weight is 243 g/mol. The molecule has 1 heterocycles. The Morgan fingerprint density at radius 3 is 1.94 bits per heavy atom. The molecule has 0 amide bonds. The number of anilines is 1. The fourth-order valence-electron chi connectivity index (χ4n) is 0.918. The molecule has 0 atom stereocenters. The highest BCUT2D eigenvalue weighted by atomic mass is 19.5. The molecule has 92 valence electrons. The summed E-state index contributed by atoms with van der Waals surface area (Å²) in [7, 11) is -0.526. The Kier molecular flexibility index (Phi) is 5.12. The lowest BCUT2D eigenvalue weighted by Gasteiger charge is -2.04. The van der Waals surface area contributed by atoms with Crippen molar-refractivity contribution in [1.29, 1.82) is 0 Å². The monoisotopic (exact) mass is 243 g/mol. The first-order valence-electron chi connectivity index (χ1n) is 4.18.